The third kappa shape index (κ3) is 1.30. The highest BCUT2D eigenvalue weighted by molar-refractivity contribution is 5.87. The Hall–Kier alpha value is -1.76. The molecule has 4 nitrogen and oxygen atoms in total. The van der Waals surface area contributed by atoms with E-state index in [1.165, 1.54) is 10.9 Å². The zero-order valence-electron chi connectivity index (χ0n) is 6.61. The molecule has 1 N–H and O–H groups in total. The molecular formula is C8H8N2O2. The third-order valence-electron chi connectivity index (χ3n) is 1.47. The van der Waals surface area contributed by atoms with Crippen LogP contribution < -0.4 is 0 Å². The number of carboxylic acids is 1. The van der Waals surface area contributed by atoms with Gasteiger partial charge in [0.05, 0.1) is 6.20 Å². The molecule has 0 aliphatic carbocycles. The fraction of sp³-hybridized carbons (Fsp3) is 0.250. The second-order valence-electron chi connectivity index (χ2n) is 2.34. The van der Waals surface area contributed by atoms with Crippen molar-refractivity contribution in [2.24, 2.45) is 0 Å². The zero-order valence-corrected chi connectivity index (χ0v) is 6.61. The minimum Gasteiger partial charge on any atom is -0.477 e. The smallest absolute Gasteiger partial charge is 0.354 e. The van der Waals surface area contributed by atoms with Crippen LogP contribution in [0.25, 0.3) is 0 Å². The summed E-state index contributed by atoms with van der Waals surface area (Å²) in [5.74, 6) is 1.33. The molecule has 1 rings (SSSR count). The molecule has 0 unspecified atom stereocenters. The number of terminal acetylenes is 1. The van der Waals surface area contributed by atoms with E-state index in [1.54, 1.807) is 6.92 Å². The van der Waals surface area contributed by atoms with Crippen LogP contribution in [0.5, 0.6) is 0 Å². The molecule has 0 bridgehead atoms. The Kier molecular flexibility index (Phi) is 2.15. The van der Waals surface area contributed by atoms with Gasteiger partial charge in [0.15, 0.2) is 0 Å². The molecular weight excluding hydrogens is 156 g/mol. The SMILES string of the molecule is C#CCn1ncc(C)c1C(=O)O. The van der Waals surface area contributed by atoms with Gasteiger partial charge in [-0.3, -0.25) is 0 Å². The van der Waals surface area contributed by atoms with Gasteiger partial charge < -0.3 is 5.11 Å². The Morgan fingerprint density at radius 2 is 2.58 bits per heavy atom. The lowest BCUT2D eigenvalue weighted by atomic mass is 10.3. The predicted molar refractivity (Wildman–Crippen MR) is 42.8 cm³/mol. The van der Waals surface area contributed by atoms with Crippen molar-refractivity contribution in [1.29, 1.82) is 0 Å². The van der Waals surface area contributed by atoms with Crippen LogP contribution in [0.15, 0.2) is 6.20 Å². The lowest BCUT2D eigenvalue weighted by molar-refractivity contribution is 0.0683. The van der Waals surface area contributed by atoms with Crippen LogP contribution in [0.3, 0.4) is 0 Å². The van der Waals surface area contributed by atoms with E-state index in [4.69, 9.17) is 11.5 Å². The maximum absolute atomic E-state index is 10.6. The Labute approximate surface area is 69.8 Å². The number of hydrogen-bond acceptors (Lipinski definition) is 2. The Balaban J connectivity index is 3.14. The fourth-order valence-electron chi connectivity index (χ4n) is 0.964. The lowest BCUT2D eigenvalue weighted by Gasteiger charge is -1.98. The van der Waals surface area contributed by atoms with Crippen molar-refractivity contribution in [2.45, 2.75) is 13.5 Å². The standard InChI is InChI=1S/C8H8N2O2/c1-3-4-10-7(8(11)12)6(2)5-9-10/h1,5H,4H2,2H3,(H,11,12). The minimum absolute atomic E-state index is 0.160. The van der Waals surface area contributed by atoms with Crippen molar-refractivity contribution in [2.75, 3.05) is 0 Å². The number of aryl methyl sites for hydroxylation is 1. The summed E-state index contributed by atoms with van der Waals surface area (Å²) in [6, 6.07) is 0. The summed E-state index contributed by atoms with van der Waals surface area (Å²) in [6.07, 6.45) is 6.52. The van der Waals surface area contributed by atoms with E-state index < -0.39 is 5.97 Å². The number of rotatable bonds is 2. The van der Waals surface area contributed by atoms with Gasteiger partial charge in [-0.05, 0) is 6.92 Å². The first-order chi connectivity index (χ1) is 5.66. The van der Waals surface area contributed by atoms with Crippen LogP contribution in [0, 0.1) is 19.3 Å². The summed E-state index contributed by atoms with van der Waals surface area (Å²) in [5.41, 5.74) is 0.783. The number of hydrogen-bond donors (Lipinski definition) is 1. The van der Waals surface area contributed by atoms with Gasteiger partial charge in [-0.2, -0.15) is 5.10 Å². The van der Waals surface area contributed by atoms with E-state index in [1.807, 2.05) is 0 Å². The second kappa shape index (κ2) is 3.09. The summed E-state index contributed by atoms with van der Waals surface area (Å²) < 4.78 is 1.29. The van der Waals surface area contributed by atoms with Gasteiger partial charge in [-0.25, -0.2) is 9.48 Å². The van der Waals surface area contributed by atoms with Gasteiger partial charge in [0, 0.05) is 5.56 Å². The number of aromatic carboxylic acids is 1. The molecule has 0 aromatic carbocycles. The predicted octanol–water partition coefficient (Wildman–Crippen LogP) is 0.523. The van der Waals surface area contributed by atoms with Crippen molar-refractivity contribution < 1.29 is 9.90 Å². The number of aromatic nitrogens is 2. The Morgan fingerprint density at radius 3 is 3.08 bits per heavy atom. The highest BCUT2D eigenvalue weighted by atomic mass is 16.4. The van der Waals surface area contributed by atoms with E-state index in [9.17, 15) is 4.79 Å². The highest BCUT2D eigenvalue weighted by Crippen LogP contribution is 2.05. The first-order valence-electron chi connectivity index (χ1n) is 3.36. The van der Waals surface area contributed by atoms with Crippen molar-refractivity contribution >= 4 is 5.97 Å². The van der Waals surface area contributed by atoms with E-state index in [0.717, 1.165) is 0 Å². The molecule has 0 saturated heterocycles. The average Bonchev–Trinajstić information content (AvgIpc) is 2.32. The van der Waals surface area contributed by atoms with Gasteiger partial charge in [-0.15, -0.1) is 6.42 Å². The first kappa shape index (κ1) is 8.34. The van der Waals surface area contributed by atoms with Crippen molar-refractivity contribution in [1.82, 2.24) is 9.78 Å². The molecule has 0 spiro atoms. The topological polar surface area (TPSA) is 55.1 Å². The molecule has 62 valence electrons. The van der Waals surface area contributed by atoms with Gasteiger partial charge in [0.1, 0.15) is 12.2 Å². The number of carbonyl (C=O) groups is 1. The van der Waals surface area contributed by atoms with Crippen molar-refractivity contribution in [3.63, 3.8) is 0 Å². The normalized spacial score (nSPS) is 9.33. The first-order valence-corrected chi connectivity index (χ1v) is 3.36. The molecule has 0 amide bonds. The highest BCUT2D eigenvalue weighted by Gasteiger charge is 2.13. The summed E-state index contributed by atoms with van der Waals surface area (Å²) in [4.78, 5) is 10.6. The number of carboxylic acid groups (broad SMARTS) is 1. The second-order valence-corrected chi connectivity index (χ2v) is 2.34. The Bertz CT molecular complexity index is 346. The van der Waals surface area contributed by atoms with Gasteiger partial charge in [-0.1, -0.05) is 5.92 Å². The largest absolute Gasteiger partial charge is 0.477 e. The van der Waals surface area contributed by atoms with Crippen LogP contribution in [0.4, 0.5) is 0 Å². The number of nitrogens with zero attached hydrogens (tertiary/aromatic N) is 2. The molecule has 0 atom stereocenters. The van der Waals surface area contributed by atoms with Gasteiger partial charge in [0.25, 0.3) is 0 Å². The molecule has 12 heavy (non-hydrogen) atoms. The molecule has 1 aromatic rings. The summed E-state index contributed by atoms with van der Waals surface area (Å²) in [7, 11) is 0. The Morgan fingerprint density at radius 1 is 1.92 bits per heavy atom. The van der Waals surface area contributed by atoms with Crippen LogP contribution in [-0.4, -0.2) is 20.9 Å². The van der Waals surface area contributed by atoms with E-state index >= 15 is 0 Å². The average molecular weight is 164 g/mol. The molecule has 0 saturated carbocycles. The molecule has 0 radical (unpaired) electrons. The van der Waals surface area contributed by atoms with Crippen LogP contribution in [-0.2, 0) is 6.54 Å². The monoisotopic (exact) mass is 164 g/mol. The van der Waals surface area contributed by atoms with E-state index in [-0.39, 0.29) is 12.2 Å². The third-order valence-corrected chi connectivity index (χ3v) is 1.47. The summed E-state index contributed by atoms with van der Waals surface area (Å²) in [5, 5.41) is 12.6. The van der Waals surface area contributed by atoms with Crippen molar-refractivity contribution in [3.05, 3.63) is 17.5 Å². The molecule has 1 aromatic heterocycles. The van der Waals surface area contributed by atoms with Crippen LogP contribution in [0.2, 0.25) is 0 Å². The molecule has 0 aliphatic heterocycles. The maximum atomic E-state index is 10.6. The van der Waals surface area contributed by atoms with Crippen LogP contribution >= 0.6 is 0 Å². The molecule has 1 heterocycles. The van der Waals surface area contributed by atoms with Crippen molar-refractivity contribution in [3.8, 4) is 12.3 Å². The van der Waals surface area contributed by atoms with Gasteiger partial charge >= 0.3 is 5.97 Å². The quantitative estimate of drug-likeness (QED) is 0.648. The van der Waals surface area contributed by atoms with E-state index in [0.29, 0.717) is 5.56 Å². The maximum Gasteiger partial charge on any atom is 0.354 e. The lowest BCUT2D eigenvalue weighted by Crippen LogP contribution is -2.10. The molecule has 0 fully saturated rings. The summed E-state index contributed by atoms with van der Waals surface area (Å²) in [6.45, 7) is 1.87. The minimum atomic E-state index is -1.000. The molecule has 4 heteroatoms. The summed E-state index contributed by atoms with van der Waals surface area (Å²) >= 11 is 0. The fourth-order valence-corrected chi connectivity index (χ4v) is 0.964. The van der Waals surface area contributed by atoms with Crippen LogP contribution in [0.1, 0.15) is 16.1 Å². The van der Waals surface area contributed by atoms with Gasteiger partial charge in [0.2, 0.25) is 0 Å². The zero-order chi connectivity index (χ0) is 9.14. The van der Waals surface area contributed by atoms with E-state index in [2.05, 4.69) is 11.0 Å². The molecule has 0 aliphatic rings.